The van der Waals surface area contributed by atoms with Gasteiger partial charge in [-0.15, -0.1) is 0 Å². The van der Waals surface area contributed by atoms with Crippen LogP contribution in [0.5, 0.6) is 11.5 Å². The number of allylic oxidation sites excluding steroid dienone is 1. The van der Waals surface area contributed by atoms with Gasteiger partial charge in [0.15, 0.2) is 5.76 Å². The summed E-state index contributed by atoms with van der Waals surface area (Å²) in [5.74, 6) is 1.19. The van der Waals surface area contributed by atoms with Crippen LogP contribution in [0, 0.1) is 0 Å². The Morgan fingerprint density at radius 3 is 2.35 bits per heavy atom. The Morgan fingerprint density at radius 2 is 1.71 bits per heavy atom. The van der Waals surface area contributed by atoms with Crippen molar-refractivity contribution in [2.24, 2.45) is 0 Å². The lowest BCUT2D eigenvalue weighted by atomic mass is 10.0. The molecule has 0 aliphatic carbocycles. The molecule has 164 valence electrons. The molecule has 0 radical (unpaired) electrons. The van der Waals surface area contributed by atoms with E-state index in [4.69, 9.17) is 9.84 Å². The molecule has 2 aromatic rings. The number of Topliss-reactive ketones (excluding diaryl/α,β-unsaturated/α-hetero) is 1. The number of piperazine rings is 1. The minimum absolute atomic E-state index is 0.145. The van der Waals surface area contributed by atoms with E-state index in [0.29, 0.717) is 35.9 Å². The van der Waals surface area contributed by atoms with Crippen molar-refractivity contribution in [3.05, 3.63) is 64.4 Å². The van der Waals surface area contributed by atoms with E-state index < -0.39 is 0 Å². The highest BCUT2D eigenvalue weighted by Crippen LogP contribution is 2.40. The van der Waals surface area contributed by atoms with Gasteiger partial charge in [0.25, 0.3) is 0 Å². The minimum Gasteiger partial charge on any atom is -0.507 e. The predicted molar refractivity (Wildman–Crippen MR) is 120 cm³/mol. The zero-order valence-electron chi connectivity index (χ0n) is 18.2. The van der Waals surface area contributed by atoms with Crippen LogP contribution in [0.25, 0.3) is 6.08 Å². The Bertz CT molecular complexity index is 974. The van der Waals surface area contributed by atoms with Crippen LogP contribution >= 0.6 is 0 Å². The van der Waals surface area contributed by atoms with E-state index >= 15 is 0 Å². The molecule has 6 heteroatoms. The van der Waals surface area contributed by atoms with Gasteiger partial charge in [-0.3, -0.25) is 14.6 Å². The second kappa shape index (κ2) is 9.22. The van der Waals surface area contributed by atoms with Crippen molar-refractivity contribution >= 4 is 11.9 Å². The molecule has 2 aliphatic rings. The molecule has 0 atom stereocenters. The number of rotatable bonds is 6. The highest BCUT2D eigenvalue weighted by molar-refractivity contribution is 6.15. The number of aliphatic hydroxyl groups is 1. The second-order valence-corrected chi connectivity index (χ2v) is 8.54. The lowest BCUT2D eigenvalue weighted by molar-refractivity contribution is 0.101. The number of phenolic OH excluding ortho intramolecular Hbond substituents is 1. The van der Waals surface area contributed by atoms with Gasteiger partial charge in [0.1, 0.15) is 11.5 Å². The number of benzene rings is 2. The molecule has 1 saturated heterocycles. The molecule has 2 N–H and O–H groups in total. The first-order valence-electron chi connectivity index (χ1n) is 10.9. The summed E-state index contributed by atoms with van der Waals surface area (Å²) in [7, 11) is 0. The molecular formula is C25H30N2O4. The summed E-state index contributed by atoms with van der Waals surface area (Å²) in [6.07, 6.45) is 1.76. The number of aliphatic hydroxyl groups excluding tert-OH is 1. The van der Waals surface area contributed by atoms with Crippen molar-refractivity contribution < 1.29 is 19.7 Å². The molecule has 2 aliphatic heterocycles. The number of carbonyl (C=O) groups is 1. The SMILES string of the molecule is CC(C)c1ccc(/C=C2\Oc3c(ccc(O)c3CN3CCN(CCO)CC3)C2=O)cc1. The number of phenols is 1. The highest BCUT2D eigenvalue weighted by atomic mass is 16.5. The number of hydrogen-bond acceptors (Lipinski definition) is 6. The quantitative estimate of drug-likeness (QED) is 0.697. The highest BCUT2D eigenvalue weighted by Gasteiger charge is 2.32. The Hall–Kier alpha value is -2.67. The third-order valence-electron chi connectivity index (χ3n) is 6.08. The van der Waals surface area contributed by atoms with E-state index in [2.05, 4.69) is 35.8 Å². The minimum atomic E-state index is -0.156. The topological polar surface area (TPSA) is 73.2 Å². The number of fused-ring (bicyclic) bond motifs is 1. The Balaban J connectivity index is 1.53. The Morgan fingerprint density at radius 1 is 1.03 bits per heavy atom. The number of aromatic hydroxyl groups is 1. The fraction of sp³-hybridized carbons (Fsp3) is 0.400. The van der Waals surface area contributed by atoms with E-state index in [-0.39, 0.29) is 23.9 Å². The van der Waals surface area contributed by atoms with Crippen LogP contribution in [0.2, 0.25) is 0 Å². The lowest BCUT2D eigenvalue weighted by Crippen LogP contribution is -2.46. The van der Waals surface area contributed by atoms with Gasteiger partial charge in [-0.05, 0) is 35.3 Å². The smallest absolute Gasteiger partial charge is 0.231 e. The standard InChI is InChI=1S/C25H30N2O4/c1-17(2)19-5-3-18(4-6-19)15-23-24(30)20-7-8-22(29)21(25(20)31-23)16-27-11-9-26(10-12-27)13-14-28/h3-8,15,17,28-29H,9-14,16H2,1-2H3/b23-15-. The fourth-order valence-electron chi connectivity index (χ4n) is 4.11. The van der Waals surface area contributed by atoms with E-state index in [1.807, 2.05) is 12.1 Å². The number of hydrogen-bond donors (Lipinski definition) is 2. The predicted octanol–water partition coefficient (Wildman–Crippen LogP) is 3.24. The molecule has 6 nitrogen and oxygen atoms in total. The van der Waals surface area contributed by atoms with E-state index in [0.717, 1.165) is 31.7 Å². The maximum atomic E-state index is 12.9. The van der Waals surface area contributed by atoms with Gasteiger partial charge in [-0.25, -0.2) is 0 Å². The first kappa shape index (κ1) is 21.6. The summed E-state index contributed by atoms with van der Waals surface area (Å²) < 4.78 is 6.00. The van der Waals surface area contributed by atoms with Gasteiger partial charge in [-0.2, -0.15) is 0 Å². The normalized spacial score (nSPS) is 18.6. The molecule has 1 fully saturated rings. The first-order valence-corrected chi connectivity index (χ1v) is 10.9. The first-order chi connectivity index (χ1) is 15.0. The summed E-state index contributed by atoms with van der Waals surface area (Å²) in [6.45, 7) is 9.07. The van der Waals surface area contributed by atoms with Crippen molar-refractivity contribution in [1.29, 1.82) is 0 Å². The average molecular weight is 423 g/mol. The number of nitrogens with zero attached hydrogens (tertiary/aromatic N) is 2. The molecule has 2 aromatic carbocycles. The third kappa shape index (κ3) is 4.66. The van der Waals surface area contributed by atoms with Gasteiger partial charge < -0.3 is 14.9 Å². The van der Waals surface area contributed by atoms with Gasteiger partial charge in [-0.1, -0.05) is 38.1 Å². The third-order valence-corrected chi connectivity index (χ3v) is 6.08. The van der Waals surface area contributed by atoms with E-state index in [1.54, 1.807) is 18.2 Å². The van der Waals surface area contributed by atoms with Crippen molar-refractivity contribution in [2.75, 3.05) is 39.3 Å². The monoisotopic (exact) mass is 422 g/mol. The number of ether oxygens (including phenoxy) is 1. The average Bonchev–Trinajstić information content (AvgIpc) is 3.07. The fourth-order valence-corrected chi connectivity index (χ4v) is 4.11. The van der Waals surface area contributed by atoms with Crippen LogP contribution in [-0.4, -0.2) is 65.1 Å². The van der Waals surface area contributed by atoms with Gasteiger partial charge >= 0.3 is 0 Å². The molecular weight excluding hydrogens is 392 g/mol. The number of β-amino-alcohol motifs (C(OH)–C–C–N with tert-alkyl or cyclic N) is 1. The summed E-state index contributed by atoms with van der Waals surface area (Å²) in [6, 6.07) is 11.3. The maximum absolute atomic E-state index is 12.9. The molecule has 0 saturated carbocycles. The summed E-state index contributed by atoms with van der Waals surface area (Å²) in [4.78, 5) is 17.4. The molecule has 0 aromatic heterocycles. The van der Waals surface area contributed by atoms with Crippen LogP contribution in [0.3, 0.4) is 0 Å². The maximum Gasteiger partial charge on any atom is 0.231 e. The second-order valence-electron chi connectivity index (χ2n) is 8.54. The molecule has 0 unspecified atom stereocenters. The summed E-state index contributed by atoms with van der Waals surface area (Å²) >= 11 is 0. The Labute approximate surface area is 183 Å². The molecule has 0 amide bonds. The Kier molecular flexibility index (Phi) is 6.41. The molecule has 4 rings (SSSR count). The van der Waals surface area contributed by atoms with Crippen LogP contribution in [0.1, 0.15) is 46.8 Å². The van der Waals surface area contributed by atoms with Crippen LogP contribution in [0.15, 0.2) is 42.2 Å². The van der Waals surface area contributed by atoms with Crippen LogP contribution in [0.4, 0.5) is 0 Å². The van der Waals surface area contributed by atoms with E-state index in [9.17, 15) is 9.90 Å². The van der Waals surface area contributed by atoms with Crippen LogP contribution in [-0.2, 0) is 6.54 Å². The molecule has 2 heterocycles. The van der Waals surface area contributed by atoms with Crippen LogP contribution < -0.4 is 4.74 Å². The van der Waals surface area contributed by atoms with Gasteiger partial charge in [0, 0.05) is 39.3 Å². The lowest BCUT2D eigenvalue weighted by Gasteiger charge is -2.34. The molecule has 31 heavy (non-hydrogen) atoms. The van der Waals surface area contributed by atoms with E-state index in [1.165, 1.54) is 5.56 Å². The van der Waals surface area contributed by atoms with Crippen molar-refractivity contribution in [2.45, 2.75) is 26.3 Å². The zero-order chi connectivity index (χ0) is 22.0. The largest absolute Gasteiger partial charge is 0.507 e. The summed E-state index contributed by atoms with van der Waals surface area (Å²) in [5, 5.41) is 19.6. The number of carbonyl (C=O) groups excluding carboxylic acids is 1. The zero-order valence-corrected chi connectivity index (χ0v) is 18.2. The molecule has 0 bridgehead atoms. The number of ketones is 1. The van der Waals surface area contributed by atoms with Crippen molar-refractivity contribution in [3.63, 3.8) is 0 Å². The van der Waals surface area contributed by atoms with Crippen molar-refractivity contribution in [3.8, 4) is 11.5 Å². The van der Waals surface area contributed by atoms with Gasteiger partial charge in [0.05, 0.1) is 17.7 Å². The van der Waals surface area contributed by atoms with Gasteiger partial charge in [0.2, 0.25) is 5.78 Å². The molecule has 0 spiro atoms. The van der Waals surface area contributed by atoms with Crippen molar-refractivity contribution in [1.82, 2.24) is 9.80 Å². The summed E-state index contributed by atoms with van der Waals surface area (Å²) in [5.41, 5.74) is 3.30.